The molecule has 0 aromatic heterocycles. The Morgan fingerprint density at radius 1 is 1.15 bits per heavy atom. The summed E-state index contributed by atoms with van der Waals surface area (Å²) in [4.78, 5) is 27.6. The van der Waals surface area contributed by atoms with E-state index in [4.69, 9.17) is 0 Å². The number of carbonyl (C=O) groups excluding carboxylic acids is 2. The van der Waals surface area contributed by atoms with Crippen molar-refractivity contribution in [1.29, 1.82) is 0 Å². The molecule has 136 valence electrons. The smallest absolute Gasteiger partial charge is 0.255 e. The lowest BCUT2D eigenvalue weighted by atomic mass is 10.0. The highest BCUT2D eigenvalue weighted by molar-refractivity contribution is 6.05. The lowest BCUT2D eigenvalue weighted by molar-refractivity contribution is -0.127. The van der Waals surface area contributed by atoms with Gasteiger partial charge in [-0.05, 0) is 57.0 Å². The molecule has 5 heteroatoms. The average molecular weight is 354 g/mol. The van der Waals surface area contributed by atoms with Crippen molar-refractivity contribution >= 4 is 11.8 Å². The molecule has 0 saturated heterocycles. The number of fused-ring (bicyclic) bond motifs is 1. The first-order valence-electron chi connectivity index (χ1n) is 8.68. The largest absolute Gasteiger partial charge is 0.349 e. The first kappa shape index (κ1) is 18.1. The average Bonchev–Trinajstić information content (AvgIpc) is 2.85. The van der Waals surface area contributed by atoms with Crippen molar-refractivity contribution in [1.82, 2.24) is 10.2 Å². The van der Waals surface area contributed by atoms with Crippen LogP contribution in [0.4, 0.5) is 4.39 Å². The van der Waals surface area contributed by atoms with E-state index in [1.54, 1.807) is 4.90 Å². The molecule has 0 bridgehead atoms. The number of hydrogen-bond acceptors (Lipinski definition) is 2. The van der Waals surface area contributed by atoms with Gasteiger partial charge in [0.2, 0.25) is 5.91 Å². The van der Waals surface area contributed by atoms with Crippen LogP contribution < -0.4 is 5.32 Å². The van der Waals surface area contributed by atoms with E-state index in [0.29, 0.717) is 11.1 Å². The summed E-state index contributed by atoms with van der Waals surface area (Å²) in [6, 6.07) is 12.3. The fourth-order valence-electron chi connectivity index (χ4n) is 3.36. The first-order valence-corrected chi connectivity index (χ1v) is 8.68. The van der Waals surface area contributed by atoms with Crippen molar-refractivity contribution in [2.75, 3.05) is 0 Å². The van der Waals surface area contributed by atoms with Crippen LogP contribution in [-0.4, -0.2) is 22.3 Å². The molecule has 0 fully saturated rings. The molecule has 3 rings (SSSR count). The molecular formula is C21H23FN2O2. The Hall–Kier alpha value is -2.69. The van der Waals surface area contributed by atoms with Crippen LogP contribution in [0.2, 0.25) is 0 Å². The van der Waals surface area contributed by atoms with Crippen molar-refractivity contribution in [2.45, 2.75) is 45.3 Å². The lowest BCUT2D eigenvalue weighted by Crippen LogP contribution is -2.47. The zero-order chi connectivity index (χ0) is 19.1. The van der Waals surface area contributed by atoms with E-state index < -0.39 is 17.4 Å². The highest BCUT2D eigenvalue weighted by Gasteiger charge is 2.44. The predicted molar refractivity (Wildman–Crippen MR) is 98.1 cm³/mol. The number of hydrogen-bond donors (Lipinski definition) is 1. The van der Waals surface area contributed by atoms with Gasteiger partial charge in [-0.25, -0.2) is 4.39 Å². The molecule has 1 N–H and O–H groups in total. The van der Waals surface area contributed by atoms with Gasteiger partial charge in [0.15, 0.2) is 0 Å². The minimum atomic E-state index is -0.859. The number of nitrogens with one attached hydrogen (secondary N) is 1. The van der Waals surface area contributed by atoms with Crippen LogP contribution in [0.3, 0.4) is 0 Å². The summed E-state index contributed by atoms with van der Waals surface area (Å²) in [6.45, 7) is 7.50. The van der Waals surface area contributed by atoms with E-state index in [1.807, 2.05) is 58.0 Å². The quantitative estimate of drug-likeness (QED) is 0.906. The Balaban J connectivity index is 2.07. The fourth-order valence-corrected chi connectivity index (χ4v) is 3.36. The molecule has 2 atom stereocenters. The predicted octanol–water partition coefficient (Wildman–Crippen LogP) is 4.00. The first-order chi connectivity index (χ1) is 12.2. The summed E-state index contributed by atoms with van der Waals surface area (Å²) in [5, 5.41) is 2.92. The molecule has 2 amide bonds. The van der Waals surface area contributed by atoms with Gasteiger partial charge in [0.25, 0.3) is 5.91 Å². The molecule has 0 radical (unpaired) electrons. The van der Waals surface area contributed by atoms with Gasteiger partial charge in [0, 0.05) is 11.1 Å². The van der Waals surface area contributed by atoms with Crippen LogP contribution in [0.15, 0.2) is 48.5 Å². The summed E-state index contributed by atoms with van der Waals surface area (Å²) < 4.78 is 13.9. The van der Waals surface area contributed by atoms with E-state index in [-0.39, 0.29) is 17.9 Å². The van der Waals surface area contributed by atoms with Gasteiger partial charge in [-0.15, -0.1) is 0 Å². The third-order valence-electron chi connectivity index (χ3n) is 4.50. The monoisotopic (exact) mass is 354 g/mol. The maximum atomic E-state index is 13.9. The van der Waals surface area contributed by atoms with Crippen molar-refractivity contribution < 1.29 is 14.0 Å². The van der Waals surface area contributed by atoms with Crippen molar-refractivity contribution in [3.05, 3.63) is 71.0 Å². The number of rotatable bonds is 3. The van der Waals surface area contributed by atoms with Gasteiger partial charge >= 0.3 is 0 Å². The van der Waals surface area contributed by atoms with E-state index in [1.165, 1.54) is 18.2 Å². The number of benzene rings is 2. The summed E-state index contributed by atoms with van der Waals surface area (Å²) >= 11 is 0. The molecule has 1 heterocycles. The van der Waals surface area contributed by atoms with Crippen molar-refractivity contribution in [2.24, 2.45) is 0 Å². The SMILES string of the molecule is C[C@H](c1ccccc1)N1C(=O)c2ccc(F)cc2C1C(=O)NC(C)(C)C. The topological polar surface area (TPSA) is 49.4 Å². The molecule has 1 aliphatic rings. The summed E-state index contributed by atoms with van der Waals surface area (Å²) in [7, 11) is 0. The molecule has 1 unspecified atom stereocenters. The molecular weight excluding hydrogens is 331 g/mol. The zero-order valence-corrected chi connectivity index (χ0v) is 15.4. The number of halogens is 1. The second kappa shape index (κ2) is 6.56. The van der Waals surface area contributed by atoms with Gasteiger partial charge in [0.05, 0.1) is 6.04 Å². The highest BCUT2D eigenvalue weighted by atomic mass is 19.1. The minimum Gasteiger partial charge on any atom is -0.349 e. The maximum Gasteiger partial charge on any atom is 0.255 e. The molecule has 0 spiro atoms. The van der Waals surface area contributed by atoms with Gasteiger partial charge in [-0.3, -0.25) is 9.59 Å². The molecule has 26 heavy (non-hydrogen) atoms. The normalized spacial score (nSPS) is 17.8. The second-order valence-corrected chi connectivity index (χ2v) is 7.67. The Morgan fingerprint density at radius 3 is 2.42 bits per heavy atom. The van der Waals surface area contributed by atoms with E-state index >= 15 is 0 Å². The number of nitrogens with zero attached hydrogens (tertiary/aromatic N) is 1. The standard InChI is InChI=1S/C21H23FN2O2/c1-13(14-8-6-5-7-9-14)24-18(19(25)23-21(2,3)4)17-12-15(22)10-11-16(17)20(24)26/h5-13,18H,1-4H3,(H,23,25)/t13-,18?/m1/s1. The molecule has 4 nitrogen and oxygen atoms in total. The van der Waals surface area contributed by atoms with Gasteiger partial charge in [-0.2, -0.15) is 0 Å². The lowest BCUT2D eigenvalue weighted by Gasteiger charge is -2.33. The van der Waals surface area contributed by atoms with Crippen molar-refractivity contribution in [3.63, 3.8) is 0 Å². The van der Waals surface area contributed by atoms with Gasteiger partial charge in [0.1, 0.15) is 11.9 Å². The fraction of sp³-hybridized carbons (Fsp3) is 0.333. The minimum absolute atomic E-state index is 0.259. The Bertz CT molecular complexity index is 843. The van der Waals surface area contributed by atoms with Crippen LogP contribution in [0.5, 0.6) is 0 Å². The van der Waals surface area contributed by atoms with E-state index in [9.17, 15) is 14.0 Å². The van der Waals surface area contributed by atoms with Crippen LogP contribution in [-0.2, 0) is 4.79 Å². The summed E-state index contributed by atoms with van der Waals surface area (Å²) in [6.07, 6.45) is 0. The van der Waals surface area contributed by atoms with Crippen LogP contribution >= 0.6 is 0 Å². The van der Waals surface area contributed by atoms with Crippen LogP contribution in [0.1, 0.15) is 61.3 Å². The Labute approximate surface area is 153 Å². The molecule has 1 aliphatic heterocycles. The molecule has 2 aromatic carbocycles. The molecule has 0 aliphatic carbocycles. The highest BCUT2D eigenvalue weighted by Crippen LogP contribution is 2.40. The third kappa shape index (κ3) is 3.34. The van der Waals surface area contributed by atoms with Gasteiger partial charge in [-0.1, -0.05) is 30.3 Å². The zero-order valence-electron chi connectivity index (χ0n) is 15.4. The Morgan fingerprint density at radius 2 is 1.81 bits per heavy atom. The van der Waals surface area contributed by atoms with Crippen LogP contribution in [0.25, 0.3) is 0 Å². The second-order valence-electron chi connectivity index (χ2n) is 7.67. The number of amides is 2. The molecule has 2 aromatic rings. The van der Waals surface area contributed by atoms with E-state index in [2.05, 4.69) is 5.32 Å². The summed E-state index contributed by atoms with van der Waals surface area (Å²) in [5.41, 5.74) is 1.25. The molecule has 0 saturated carbocycles. The van der Waals surface area contributed by atoms with E-state index in [0.717, 1.165) is 5.56 Å². The van der Waals surface area contributed by atoms with Crippen LogP contribution in [0, 0.1) is 5.82 Å². The van der Waals surface area contributed by atoms with Gasteiger partial charge < -0.3 is 10.2 Å². The third-order valence-corrected chi connectivity index (χ3v) is 4.50. The Kier molecular flexibility index (Phi) is 4.57. The number of carbonyl (C=O) groups is 2. The maximum absolute atomic E-state index is 13.9. The summed E-state index contributed by atoms with van der Waals surface area (Å²) in [5.74, 6) is -1.03. The van der Waals surface area contributed by atoms with Crippen molar-refractivity contribution in [3.8, 4) is 0 Å².